The molecule has 0 radical (unpaired) electrons. The number of rotatable bonds is 9. The Hall–Kier alpha value is -2.63. The minimum absolute atomic E-state index is 0.0874. The number of aromatic nitrogens is 2. The Morgan fingerprint density at radius 2 is 2.00 bits per heavy atom. The molecule has 0 unspecified atom stereocenters. The number of amides is 1. The zero-order valence-electron chi connectivity index (χ0n) is 13.9. The van der Waals surface area contributed by atoms with Crippen LogP contribution in [0.5, 0.6) is 0 Å². The molecule has 0 saturated carbocycles. The van der Waals surface area contributed by atoms with Gasteiger partial charge in [0.05, 0.1) is 5.69 Å². The van der Waals surface area contributed by atoms with E-state index in [0.29, 0.717) is 18.5 Å². The number of aliphatic carboxylic acids is 1. The molecule has 1 aromatic carbocycles. The summed E-state index contributed by atoms with van der Waals surface area (Å²) in [6.45, 7) is 2.56. The van der Waals surface area contributed by atoms with Crippen molar-refractivity contribution < 1.29 is 14.7 Å². The van der Waals surface area contributed by atoms with Crippen molar-refractivity contribution in [3.05, 3.63) is 47.8 Å². The van der Waals surface area contributed by atoms with Crippen LogP contribution in [0.1, 0.15) is 48.0 Å². The van der Waals surface area contributed by atoms with Crippen LogP contribution in [0.4, 0.5) is 0 Å². The molecule has 1 aromatic heterocycles. The zero-order valence-corrected chi connectivity index (χ0v) is 13.9. The van der Waals surface area contributed by atoms with E-state index in [2.05, 4.69) is 10.4 Å². The van der Waals surface area contributed by atoms with Gasteiger partial charge in [0.25, 0.3) is 5.91 Å². The number of nitrogens with zero attached hydrogens (tertiary/aromatic N) is 2. The van der Waals surface area contributed by atoms with Gasteiger partial charge in [-0.05, 0) is 49.6 Å². The number of unbranched alkanes of at least 4 members (excludes halogenated alkanes) is 3. The molecular weight excluding hydrogens is 306 g/mol. The monoisotopic (exact) mass is 329 g/mol. The van der Waals surface area contributed by atoms with Crippen LogP contribution in [0.25, 0.3) is 5.69 Å². The largest absolute Gasteiger partial charge is 0.481 e. The molecular formula is C18H23N3O3. The number of hydrogen-bond donors (Lipinski definition) is 2. The number of nitrogens with one attached hydrogen (secondary N) is 1. The molecule has 6 heteroatoms. The fourth-order valence-electron chi connectivity index (χ4n) is 2.52. The number of hydrogen-bond acceptors (Lipinski definition) is 3. The van der Waals surface area contributed by atoms with Gasteiger partial charge in [0.2, 0.25) is 0 Å². The van der Waals surface area contributed by atoms with Crippen LogP contribution in [-0.2, 0) is 4.79 Å². The molecule has 0 fully saturated rings. The zero-order chi connectivity index (χ0) is 17.4. The lowest BCUT2D eigenvalue weighted by molar-refractivity contribution is -0.137. The van der Waals surface area contributed by atoms with Crippen molar-refractivity contribution in [3.63, 3.8) is 0 Å². The molecule has 128 valence electrons. The predicted octanol–water partition coefficient (Wildman–Crippen LogP) is 2.95. The molecule has 6 nitrogen and oxygen atoms in total. The van der Waals surface area contributed by atoms with Gasteiger partial charge in [0, 0.05) is 30.9 Å². The van der Waals surface area contributed by atoms with Gasteiger partial charge < -0.3 is 10.4 Å². The second-order valence-corrected chi connectivity index (χ2v) is 5.77. The standard InChI is InChI=1S/C18H23N3O3/c1-14-13-15(8-9-16(14)21-12-6-11-20-21)18(24)19-10-5-3-2-4-7-17(22)23/h6,8-9,11-13H,2-5,7,10H2,1H3,(H,19,24)(H,22,23). The third-order valence-electron chi connectivity index (χ3n) is 3.81. The normalized spacial score (nSPS) is 10.5. The molecule has 0 bridgehead atoms. The molecule has 2 rings (SSSR count). The van der Waals surface area contributed by atoms with Gasteiger partial charge in [0.1, 0.15) is 0 Å². The maximum Gasteiger partial charge on any atom is 0.303 e. The van der Waals surface area contributed by atoms with Crippen molar-refractivity contribution in [2.45, 2.75) is 39.0 Å². The first kappa shape index (κ1) is 17.7. The summed E-state index contributed by atoms with van der Waals surface area (Å²) in [7, 11) is 0. The summed E-state index contributed by atoms with van der Waals surface area (Å²) in [5.41, 5.74) is 2.57. The van der Waals surface area contributed by atoms with E-state index in [1.807, 2.05) is 31.3 Å². The van der Waals surface area contributed by atoms with E-state index in [1.54, 1.807) is 16.9 Å². The quantitative estimate of drug-likeness (QED) is 0.693. The highest BCUT2D eigenvalue weighted by Gasteiger charge is 2.08. The average Bonchev–Trinajstić information content (AvgIpc) is 3.07. The highest BCUT2D eigenvalue weighted by Crippen LogP contribution is 2.15. The van der Waals surface area contributed by atoms with E-state index in [1.165, 1.54) is 0 Å². The topological polar surface area (TPSA) is 84.2 Å². The lowest BCUT2D eigenvalue weighted by Gasteiger charge is -2.09. The Morgan fingerprint density at radius 3 is 2.67 bits per heavy atom. The average molecular weight is 329 g/mol. The summed E-state index contributed by atoms with van der Waals surface area (Å²) in [4.78, 5) is 22.6. The van der Waals surface area contributed by atoms with Crippen molar-refractivity contribution in [2.24, 2.45) is 0 Å². The molecule has 0 aliphatic rings. The number of carboxylic acid groups (broad SMARTS) is 1. The highest BCUT2D eigenvalue weighted by atomic mass is 16.4. The fraction of sp³-hybridized carbons (Fsp3) is 0.389. The van der Waals surface area contributed by atoms with Crippen LogP contribution in [0.3, 0.4) is 0 Å². The Morgan fingerprint density at radius 1 is 1.21 bits per heavy atom. The number of carbonyl (C=O) groups is 2. The number of benzene rings is 1. The van der Waals surface area contributed by atoms with E-state index in [-0.39, 0.29) is 12.3 Å². The summed E-state index contributed by atoms with van der Waals surface area (Å²) in [6, 6.07) is 7.41. The van der Waals surface area contributed by atoms with Gasteiger partial charge in [-0.1, -0.05) is 12.8 Å². The minimum atomic E-state index is -0.753. The van der Waals surface area contributed by atoms with E-state index in [0.717, 1.165) is 30.5 Å². The third kappa shape index (κ3) is 5.22. The summed E-state index contributed by atoms with van der Waals surface area (Å²) >= 11 is 0. The van der Waals surface area contributed by atoms with Gasteiger partial charge in [0.15, 0.2) is 0 Å². The van der Waals surface area contributed by atoms with Crippen LogP contribution in [0.15, 0.2) is 36.7 Å². The predicted molar refractivity (Wildman–Crippen MR) is 91.4 cm³/mol. The summed E-state index contributed by atoms with van der Waals surface area (Å²) in [6.07, 6.45) is 7.15. The van der Waals surface area contributed by atoms with Crippen molar-refractivity contribution >= 4 is 11.9 Å². The lowest BCUT2D eigenvalue weighted by Crippen LogP contribution is -2.24. The van der Waals surface area contributed by atoms with Gasteiger partial charge in [-0.2, -0.15) is 5.10 Å². The Kier molecular flexibility index (Phi) is 6.54. The Labute approximate surface area is 141 Å². The van der Waals surface area contributed by atoms with Gasteiger partial charge >= 0.3 is 5.97 Å². The molecule has 1 amide bonds. The lowest BCUT2D eigenvalue weighted by atomic mass is 10.1. The SMILES string of the molecule is Cc1cc(C(=O)NCCCCCCC(=O)O)ccc1-n1cccn1. The third-order valence-corrected chi connectivity index (χ3v) is 3.81. The number of aryl methyl sites for hydroxylation is 1. The van der Waals surface area contributed by atoms with E-state index in [4.69, 9.17) is 5.11 Å². The van der Waals surface area contributed by atoms with E-state index in [9.17, 15) is 9.59 Å². The maximum atomic E-state index is 12.2. The first-order chi connectivity index (χ1) is 11.6. The van der Waals surface area contributed by atoms with Gasteiger partial charge in [-0.25, -0.2) is 4.68 Å². The van der Waals surface area contributed by atoms with Crippen molar-refractivity contribution in [1.29, 1.82) is 0 Å². The fourth-order valence-corrected chi connectivity index (χ4v) is 2.52. The van der Waals surface area contributed by atoms with Crippen LogP contribution >= 0.6 is 0 Å². The molecule has 0 saturated heterocycles. The molecule has 0 spiro atoms. The summed E-state index contributed by atoms with van der Waals surface area (Å²) in [5, 5.41) is 15.7. The molecule has 2 N–H and O–H groups in total. The molecule has 1 heterocycles. The van der Waals surface area contributed by atoms with Crippen molar-refractivity contribution in [2.75, 3.05) is 6.54 Å². The van der Waals surface area contributed by atoms with Crippen LogP contribution in [0, 0.1) is 6.92 Å². The van der Waals surface area contributed by atoms with Crippen molar-refractivity contribution in [3.8, 4) is 5.69 Å². The molecule has 24 heavy (non-hydrogen) atoms. The van der Waals surface area contributed by atoms with Crippen LogP contribution in [0.2, 0.25) is 0 Å². The second kappa shape index (κ2) is 8.86. The minimum Gasteiger partial charge on any atom is -0.481 e. The van der Waals surface area contributed by atoms with Crippen molar-refractivity contribution in [1.82, 2.24) is 15.1 Å². The second-order valence-electron chi connectivity index (χ2n) is 5.77. The Balaban J connectivity index is 1.77. The summed E-state index contributed by atoms with van der Waals surface area (Å²) < 4.78 is 1.77. The highest BCUT2D eigenvalue weighted by molar-refractivity contribution is 5.94. The van der Waals surface area contributed by atoms with Crippen LogP contribution < -0.4 is 5.32 Å². The number of carbonyl (C=O) groups excluding carboxylic acids is 1. The molecule has 0 atom stereocenters. The van der Waals surface area contributed by atoms with Crippen LogP contribution in [-0.4, -0.2) is 33.3 Å². The molecule has 0 aliphatic carbocycles. The Bertz CT molecular complexity index is 681. The first-order valence-electron chi connectivity index (χ1n) is 8.18. The van der Waals surface area contributed by atoms with E-state index < -0.39 is 5.97 Å². The number of carboxylic acids is 1. The van der Waals surface area contributed by atoms with Gasteiger partial charge in [-0.3, -0.25) is 9.59 Å². The van der Waals surface area contributed by atoms with Gasteiger partial charge in [-0.15, -0.1) is 0 Å². The smallest absolute Gasteiger partial charge is 0.303 e. The molecule has 2 aromatic rings. The maximum absolute atomic E-state index is 12.2. The van der Waals surface area contributed by atoms with E-state index >= 15 is 0 Å². The summed E-state index contributed by atoms with van der Waals surface area (Å²) in [5.74, 6) is -0.840. The first-order valence-corrected chi connectivity index (χ1v) is 8.18. The molecule has 0 aliphatic heterocycles.